The maximum atomic E-state index is 10.8. The molecule has 0 aromatic heterocycles. The Morgan fingerprint density at radius 2 is 1.30 bits per heavy atom. The first-order valence-electron chi connectivity index (χ1n) is 8.96. The minimum absolute atomic E-state index is 0.127. The molecule has 1 aromatic rings. The Hall–Kier alpha value is -0.820. The highest BCUT2D eigenvalue weighted by atomic mass is 16.3. The Balaban J connectivity index is 3.18. The molecule has 0 amide bonds. The van der Waals surface area contributed by atoms with Gasteiger partial charge in [0.1, 0.15) is 0 Å². The lowest BCUT2D eigenvalue weighted by Gasteiger charge is -2.27. The molecule has 1 atom stereocenters. The molecule has 0 heterocycles. The second-order valence-corrected chi connectivity index (χ2v) is 10.8. The van der Waals surface area contributed by atoms with Gasteiger partial charge in [-0.05, 0) is 52.2 Å². The van der Waals surface area contributed by atoms with E-state index < -0.39 is 0 Å². The molecule has 1 rings (SSSR count). The van der Waals surface area contributed by atoms with Gasteiger partial charge in [-0.25, -0.2) is 0 Å². The van der Waals surface area contributed by atoms with Crippen molar-refractivity contribution < 1.29 is 5.11 Å². The van der Waals surface area contributed by atoms with Crippen molar-refractivity contribution in [2.45, 2.75) is 87.7 Å². The van der Waals surface area contributed by atoms with Gasteiger partial charge in [0.2, 0.25) is 0 Å². The van der Waals surface area contributed by atoms with Crippen molar-refractivity contribution in [3.8, 4) is 0 Å². The van der Waals surface area contributed by atoms with Crippen LogP contribution in [-0.4, -0.2) is 5.11 Å². The Kier molecular flexibility index (Phi) is 6.13. The summed E-state index contributed by atoms with van der Waals surface area (Å²) in [5.74, 6) is 0. The summed E-state index contributed by atoms with van der Waals surface area (Å²) in [6.45, 7) is 20.2. The zero-order chi connectivity index (χ0) is 18.1. The molecular formula is C22H38O. The average Bonchev–Trinajstić information content (AvgIpc) is 2.21. The molecule has 1 aromatic carbocycles. The quantitative estimate of drug-likeness (QED) is 0.687. The number of aliphatic hydroxyl groups is 1. The lowest BCUT2D eigenvalue weighted by Crippen LogP contribution is -2.17. The van der Waals surface area contributed by atoms with Gasteiger partial charge in [-0.1, -0.05) is 80.5 Å². The molecule has 0 spiro atoms. The van der Waals surface area contributed by atoms with Gasteiger partial charge in [-0.3, -0.25) is 0 Å². The van der Waals surface area contributed by atoms with Gasteiger partial charge in [0.15, 0.2) is 0 Å². The van der Waals surface area contributed by atoms with Gasteiger partial charge >= 0.3 is 0 Å². The first kappa shape index (κ1) is 20.2. The fourth-order valence-corrected chi connectivity index (χ4v) is 3.12. The number of benzene rings is 1. The van der Waals surface area contributed by atoms with Crippen LogP contribution in [0.1, 0.15) is 91.5 Å². The molecule has 0 aliphatic carbocycles. The molecule has 0 radical (unpaired) electrons. The summed E-state index contributed by atoms with van der Waals surface area (Å²) < 4.78 is 0. The van der Waals surface area contributed by atoms with E-state index in [-0.39, 0.29) is 22.3 Å². The van der Waals surface area contributed by atoms with Crippen molar-refractivity contribution in [3.05, 3.63) is 34.9 Å². The van der Waals surface area contributed by atoms with Gasteiger partial charge in [0.25, 0.3) is 0 Å². The number of hydrogen-bond acceptors (Lipinski definition) is 1. The van der Waals surface area contributed by atoms with Crippen molar-refractivity contribution in [3.63, 3.8) is 0 Å². The first-order chi connectivity index (χ1) is 10.2. The largest absolute Gasteiger partial charge is 0.388 e. The number of rotatable bonds is 4. The van der Waals surface area contributed by atoms with Crippen molar-refractivity contribution in [2.24, 2.45) is 16.2 Å². The number of aliphatic hydroxyl groups excluding tert-OH is 1. The first-order valence-corrected chi connectivity index (χ1v) is 8.96. The molecule has 0 aliphatic rings. The smallest absolute Gasteiger partial charge is 0.0797 e. The fourth-order valence-electron chi connectivity index (χ4n) is 3.12. The standard InChI is InChI=1S/C22H38O/c1-20(2,3)13-16-10-11-18(19(23)15-22(7,8)9)17(12-16)14-21(4,5)6/h10-12,19,23H,13-15H2,1-9H3/t19-/m1/s1. The van der Waals surface area contributed by atoms with E-state index in [1.807, 2.05) is 0 Å². The normalized spacial score (nSPS) is 14.9. The summed E-state index contributed by atoms with van der Waals surface area (Å²) in [6, 6.07) is 6.70. The van der Waals surface area contributed by atoms with Gasteiger partial charge in [0, 0.05) is 0 Å². The second-order valence-electron chi connectivity index (χ2n) is 10.8. The third-order valence-electron chi connectivity index (χ3n) is 3.83. The minimum atomic E-state index is -0.379. The zero-order valence-corrected chi connectivity index (χ0v) is 16.9. The Labute approximate surface area is 144 Å². The molecule has 1 nitrogen and oxygen atoms in total. The monoisotopic (exact) mass is 318 g/mol. The van der Waals surface area contributed by atoms with Gasteiger partial charge in [-0.2, -0.15) is 0 Å². The predicted molar refractivity (Wildman–Crippen MR) is 102 cm³/mol. The third-order valence-corrected chi connectivity index (χ3v) is 3.83. The maximum Gasteiger partial charge on any atom is 0.0797 e. The predicted octanol–water partition coefficient (Wildman–Crippen LogP) is 6.33. The summed E-state index contributed by atoms with van der Waals surface area (Å²) in [7, 11) is 0. The highest BCUT2D eigenvalue weighted by Gasteiger charge is 2.23. The van der Waals surface area contributed by atoms with Crippen LogP contribution in [0, 0.1) is 16.2 Å². The molecule has 1 heteroatoms. The van der Waals surface area contributed by atoms with E-state index in [0.717, 1.165) is 24.8 Å². The Morgan fingerprint density at radius 1 is 0.783 bits per heavy atom. The van der Waals surface area contributed by atoms with Crippen molar-refractivity contribution in [1.29, 1.82) is 0 Å². The Bertz CT molecular complexity index is 506. The molecule has 23 heavy (non-hydrogen) atoms. The molecule has 132 valence electrons. The maximum absolute atomic E-state index is 10.8. The molecule has 0 bridgehead atoms. The van der Waals surface area contributed by atoms with Crippen LogP contribution in [0.25, 0.3) is 0 Å². The van der Waals surface area contributed by atoms with E-state index in [0.29, 0.717) is 0 Å². The molecular weight excluding hydrogens is 280 g/mol. The zero-order valence-electron chi connectivity index (χ0n) is 16.9. The van der Waals surface area contributed by atoms with Crippen LogP contribution in [0.4, 0.5) is 0 Å². The molecule has 1 N–H and O–H groups in total. The van der Waals surface area contributed by atoms with E-state index in [1.165, 1.54) is 11.1 Å². The van der Waals surface area contributed by atoms with Crippen LogP contribution >= 0.6 is 0 Å². The lowest BCUT2D eigenvalue weighted by molar-refractivity contribution is 0.121. The van der Waals surface area contributed by atoms with E-state index in [9.17, 15) is 5.11 Å². The van der Waals surface area contributed by atoms with Gasteiger partial charge in [-0.15, -0.1) is 0 Å². The summed E-state index contributed by atoms with van der Waals surface area (Å²) in [4.78, 5) is 0. The van der Waals surface area contributed by atoms with Crippen LogP contribution in [0.3, 0.4) is 0 Å². The third kappa shape index (κ3) is 8.01. The molecule has 0 saturated heterocycles. The summed E-state index contributed by atoms with van der Waals surface area (Å²) in [5, 5.41) is 10.8. The van der Waals surface area contributed by atoms with E-state index in [1.54, 1.807) is 0 Å². The van der Waals surface area contributed by atoms with Crippen LogP contribution in [-0.2, 0) is 12.8 Å². The van der Waals surface area contributed by atoms with Crippen molar-refractivity contribution in [2.75, 3.05) is 0 Å². The van der Waals surface area contributed by atoms with Crippen molar-refractivity contribution >= 4 is 0 Å². The molecule has 0 saturated carbocycles. The van der Waals surface area contributed by atoms with Crippen molar-refractivity contribution in [1.82, 2.24) is 0 Å². The highest BCUT2D eigenvalue weighted by Crippen LogP contribution is 2.34. The SMILES string of the molecule is CC(C)(C)Cc1ccc([C@H](O)CC(C)(C)C)c(CC(C)(C)C)c1. The minimum Gasteiger partial charge on any atom is -0.388 e. The molecule has 0 unspecified atom stereocenters. The van der Waals surface area contributed by atoms with Crippen LogP contribution in [0.5, 0.6) is 0 Å². The van der Waals surface area contributed by atoms with Gasteiger partial charge < -0.3 is 5.11 Å². The summed E-state index contributed by atoms with van der Waals surface area (Å²) >= 11 is 0. The molecule has 0 fully saturated rings. The Morgan fingerprint density at radius 3 is 1.74 bits per heavy atom. The van der Waals surface area contributed by atoms with E-state index in [4.69, 9.17) is 0 Å². The van der Waals surface area contributed by atoms with Gasteiger partial charge in [0.05, 0.1) is 6.10 Å². The highest BCUT2D eigenvalue weighted by molar-refractivity contribution is 5.35. The lowest BCUT2D eigenvalue weighted by atomic mass is 9.80. The fraction of sp³-hybridized carbons (Fsp3) is 0.727. The summed E-state index contributed by atoms with van der Waals surface area (Å²) in [6.07, 6.45) is 2.49. The second kappa shape index (κ2) is 6.97. The topological polar surface area (TPSA) is 20.2 Å². The summed E-state index contributed by atoms with van der Waals surface area (Å²) in [5.41, 5.74) is 4.44. The molecule has 0 aliphatic heterocycles. The number of hydrogen-bond donors (Lipinski definition) is 1. The van der Waals surface area contributed by atoms with Crippen LogP contribution in [0.15, 0.2) is 18.2 Å². The van der Waals surface area contributed by atoms with Crippen LogP contribution in [0.2, 0.25) is 0 Å². The van der Waals surface area contributed by atoms with E-state index >= 15 is 0 Å². The van der Waals surface area contributed by atoms with Crippen LogP contribution < -0.4 is 0 Å². The van der Waals surface area contributed by atoms with E-state index in [2.05, 4.69) is 80.5 Å². The average molecular weight is 319 g/mol.